The number of hydrogen-bond acceptors (Lipinski definition) is 4. The number of morpholine rings is 1. The molecule has 0 bridgehead atoms. The normalized spacial score (nSPS) is 20.4. The summed E-state index contributed by atoms with van der Waals surface area (Å²) in [6.45, 7) is 1.16. The van der Waals surface area contributed by atoms with Crippen molar-refractivity contribution in [2.24, 2.45) is 0 Å². The van der Waals surface area contributed by atoms with E-state index in [0.29, 0.717) is 31.2 Å². The quantitative estimate of drug-likeness (QED) is 0.386. The number of halogens is 1. The van der Waals surface area contributed by atoms with Gasteiger partial charge in [-0.15, -0.1) is 0 Å². The van der Waals surface area contributed by atoms with Gasteiger partial charge in [-0.05, 0) is 46.0 Å². The summed E-state index contributed by atoms with van der Waals surface area (Å²) in [7, 11) is 1.64. The lowest BCUT2D eigenvalue weighted by atomic mass is 9.84. The van der Waals surface area contributed by atoms with E-state index in [-0.39, 0.29) is 6.10 Å². The van der Waals surface area contributed by atoms with Gasteiger partial charge >= 0.3 is 5.37 Å². The largest absolute Gasteiger partial charge is 0.493 e. The average Bonchev–Trinajstić information content (AvgIpc) is 3.27. The molecule has 6 heteroatoms. The van der Waals surface area contributed by atoms with Crippen LogP contribution in [0.2, 0.25) is 0 Å². The van der Waals surface area contributed by atoms with Gasteiger partial charge in [0.25, 0.3) is 0 Å². The van der Waals surface area contributed by atoms with Crippen LogP contribution in [0, 0.1) is 0 Å². The van der Waals surface area contributed by atoms with Crippen LogP contribution in [-0.2, 0) is 23.2 Å². The lowest BCUT2D eigenvalue weighted by Crippen LogP contribution is -2.51. The molecule has 3 aromatic carbocycles. The fourth-order valence-corrected chi connectivity index (χ4v) is 5.04. The zero-order chi connectivity index (χ0) is 22.8. The first kappa shape index (κ1) is 21.8. The monoisotopic (exact) mass is 463 g/mol. The van der Waals surface area contributed by atoms with E-state index in [2.05, 4.69) is 24.3 Å². The van der Waals surface area contributed by atoms with Crippen LogP contribution in [0.3, 0.4) is 0 Å². The number of methoxy groups -OCH3 is 1. The third-order valence-corrected chi connectivity index (χ3v) is 6.79. The van der Waals surface area contributed by atoms with Crippen LogP contribution < -0.4 is 9.47 Å². The summed E-state index contributed by atoms with van der Waals surface area (Å²) in [5.41, 5.74) is 3.64. The zero-order valence-electron chi connectivity index (χ0n) is 18.5. The molecule has 1 atom stereocenters. The highest BCUT2D eigenvalue weighted by molar-refractivity contribution is 6.62. The third-order valence-electron chi connectivity index (χ3n) is 6.55. The number of carbonyl (C=O) groups excluding carboxylic acids is 1. The summed E-state index contributed by atoms with van der Waals surface area (Å²) in [5.74, 6) is 1.33. The number of benzene rings is 3. The predicted molar refractivity (Wildman–Crippen MR) is 127 cm³/mol. The number of hydrogen-bond donors (Lipinski definition) is 0. The molecular weight excluding hydrogens is 438 g/mol. The molecule has 1 saturated heterocycles. The van der Waals surface area contributed by atoms with Gasteiger partial charge in [-0.1, -0.05) is 60.7 Å². The van der Waals surface area contributed by atoms with Crippen LogP contribution >= 0.6 is 11.6 Å². The lowest BCUT2D eigenvalue weighted by molar-refractivity contribution is -0.0732. The third kappa shape index (κ3) is 4.19. The van der Waals surface area contributed by atoms with Crippen LogP contribution in [0.15, 0.2) is 72.8 Å². The number of ether oxygens (including phenoxy) is 3. The molecule has 33 heavy (non-hydrogen) atoms. The molecule has 2 aliphatic rings. The molecule has 1 fully saturated rings. The minimum absolute atomic E-state index is 0.0346. The Morgan fingerprint density at radius 3 is 2.33 bits per heavy atom. The second-order valence-corrected chi connectivity index (χ2v) is 8.82. The van der Waals surface area contributed by atoms with E-state index in [1.165, 1.54) is 11.1 Å². The molecule has 3 aromatic rings. The Hall–Kier alpha value is -3.02. The molecule has 0 aromatic heterocycles. The number of carbonyl (C=O) groups is 1. The maximum absolute atomic E-state index is 12.0. The van der Waals surface area contributed by atoms with Crippen molar-refractivity contribution >= 4 is 17.0 Å². The van der Waals surface area contributed by atoms with Gasteiger partial charge in [0.15, 0.2) is 11.5 Å². The van der Waals surface area contributed by atoms with E-state index in [1.807, 2.05) is 48.5 Å². The molecule has 170 valence electrons. The minimum atomic E-state index is -0.854. The number of rotatable bonds is 5. The van der Waals surface area contributed by atoms with E-state index in [9.17, 15) is 4.79 Å². The fourth-order valence-electron chi connectivity index (χ4n) is 4.90. The number of amides is 1. The van der Waals surface area contributed by atoms with Gasteiger partial charge in [0.1, 0.15) is 11.7 Å². The molecule has 0 radical (unpaired) electrons. The van der Waals surface area contributed by atoms with Gasteiger partial charge in [0.2, 0.25) is 0 Å². The minimum Gasteiger partial charge on any atom is -0.493 e. The summed E-state index contributed by atoms with van der Waals surface area (Å²) in [4.78, 5) is 13.7. The fraction of sp³-hybridized carbons (Fsp3) is 0.296. The van der Waals surface area contributed by atoms with Gasteiger partial charge in [0, 0.05) is 19.4 Å². The summed E-state index contributed by atoms with van der Waals surface area (Å²) < 4.78 is 18.5. The van der Waals surface area contributed by atoms with Crippen molar-refractivity contribution in [2.45, 2.75) is 24.5 Å². The van der Waals surface area contributed by atoms with Crippen LogP contribution in [0.5, 0.6) is 11.5 Å². The molecular formula is C27H26ClNO4. The smallest absolute Gasteiger partial charge is 0.316 e. The van der Waals surface area contributed by atoms with Gasteiger partial charge in [-0.2, -0.15) is 0 Å². The second kappa shape index (κ2) is 9.08. The number of fused-ring (bicyclic) bond motifs is 1. The Bertz CT molecular complexity index is 1130. The first-order valence-electron chi connectivity index (χ1n) is 11.1. The highest BCUT2D eigenvalue weighted by Gasteiger charge is 2.42. The number of nitrogens with zero attached hydrogens (tertiary/aromatic N) is 1. The SMILES string of the molecule is COc1ccc(C2(c3ccccc3)CN(C(=O)Cl)CCO2)cc1OC1Cc2ccccc2C1. The molecule has 1 aliphatic heterocycles. The Labute approximate surface area is 198 Å². The Kier molecular flexibility index (Phi) is 6.00. The van der Waals surface area contributed by atoms with Crippen molar-refractivity contribution in [1.29, 1.82) is 0 Å². The van der Waals surface area contributed by atoms with Crippen molar-refractivity contribution < 1.29 is 19.0 Å². The van der Waals surface area contributed by atoms with E-state index >= 15 is 0 Å². The summed E-state index contributed by atoms with van der Waals surface area (Å²) in [6, 6.07) is 24.2. The highest BCUT2D eigenvalue weighted by Crippen LogP contribution is 2.41. The van der Waals surface area contributed by atoms with E-state index in [0.717, 1.165) is 24.0 Å². The molecule has 5 nitrogen and oxygen atoms in total. The summed E-state index contributed by atoms with van der Waals surface area (Å²) in [5, 5.41) is -0.479. The van der Waals surface area contributed by atoms with Crippen molar-refractivity contribution in [3.05, 3.63) is 95.1 Å². The topological polar surface area (TPSA) is 48.0 Å². The summed E-state index contributed by atoms with van der Waals surface area (Å²) >= 11 is 5.88. The molecule has 1 unspecified atom stereocenters. The van der Waals surface area contributed by atoms with Gasteiger partial charge in [-0.25, -0.2) is 0 Å². The standard InChI is InChI=1S/C27H26ClNO4/c1-31-24-12-11-22(17-25(24)33-23-15-19-7-5-6-8-20(19)16-23)27(21-9-3-2-4-10-21)18-29(26(28)30)13-14-32-27/h2-12,17,23H,13-16,18H2,1H3. The van der Waals surface area contributed by atoms with Crippen LogP contribution in [0.4, 0.5) is 4.79 Å². The predicted octanol–water partition coefficient (Wildman–Crippen LogP) is 5.18. The molecule has 5 rings (SSSR count). The van der Waals surface area contributed by atoms with Crippen molar-refractivity contribution in [1.82, 2.24) is 4.90 Å². The average molecular weight is 464 g/mol. The van der Waals surface area contributed by atoms with Crippen molar-refractivity contribution in [3.8, 4) is 11.5 Å². The Balaban J connectivity index is 1.52. The van der Waals surface area contributed by atoms with E-state index in [1.54, 1.807) is 12.0 Å². The van der Waals surface area contributed by atoms with Crippen molar-refractivity contribution in [2.75, 3.05) is 26.8 Å². The molecule has 1 amide bonds. The maximum Gasteiger partial charge on any atom is 0.316 e. The Morgan fingerprint density at radius 1 is 0.970 bits per heavy atom. The molecule has 1 heterocycles. The van der Waals surface area contributed by atoms with Crippen LogP contribution in [0.25, 0.3) is 0 Å². The first-order valence-corrected chi connectivity index (χ1v) is 11.5. The lowest BCUT2D eigenvalue weighted by Gasteiger charge is -2.43. The first-order chi connectivity index (χ1) is 16.1. The summed E-state index contributed by atoms with van der Waals surface area (Å²) in [6.07, 6.45) is 1.75. The molecule has 0 spiro atoms. The van der Waals surface area contributed by atoms with E-state index in [4.69, 9.17) is 25.8 Å². The maximum atomic E-state index is 12.0. The molecule has 1 aliphatic carbocycles. The van der Waals surface area contributed by atoms with Crippen molar-refractivity contribution in [3.63, 3.8) is 0 Å². The molecule has 0 saturated carbocycles. The van der Waals surface area contributed by atoms with Crippen LogP contribution in [-0.4, -0.2) is 43.2 Å². The molecule has 0 N–H and O–H groups in total. The van der Waals surface area contributed by atoms with Gasteiger partial charge < -0.3 is 19.1 Å². The van der Waals surface area contributed by atoms with E-state index < -0.39 is 11.0 Å². The van der Waals surface area contributed by atoms with Crippen LogP contribution in [0.1, 0.15) is 22.3 Å². The zero-order valence-corrected chi connectivity index (χ0v) is 19.3. The van der Waals surface area contributed by atoms with Gasteiger partial charge in [0.05, 0.1) is 20.3 Å². The van der Waals surface area contributed by atoms with Gasteiger partial charge in [-0.3, -0.25) is 4.79 Å². The second-order valence-electron chi connectivity index (χ2n) is 8.50. The highest BCUT2D eigenvalue weighted by atomic mass is 35.5. The Morgan fingerprint density at radius 2 is 1.67 bits per heavy atom.